The fourth-order valence-electron chi connectivity index (χ4n) is 3.67. The Balaban J connectivity index is 1.66. The molecule has 7 heteroatoms. The van der Waals surface area contributed by atoms with Crippen LogP contribution >= 0.6 is 0 Å². The molecular formula is C23H24N4O3. The molecule has 0 radical (unpaired) electrons. The summed E-state index contributed by atoms with van der Waals surface area (Å²) in [6.07, 6.45) is 1.47. The summed E-state index contributed by atoms with van der Waals surface area (Å²) in [5.74, 6) is 1.81. The molecule has 0 aliphatic carbocycles. The highest BCUT2D eigenvalue weighted by Crippen LogP contribution is 2.38. The van der Waals surface area contributed by atoms with Gasteiger partial charge in [-0.15, -0.1) is 0 Å². The predicted molar refractivity (Wildman–Crippen MR) is 114 cm³/mol. The van der Waals surface area contributed by atoms with Crippen LogP contribution in [-0.4, -0.2) is 27.7 Å². The first kappa shape index (κ1) is 19.7. The minimum atomic E-state index is -0.388. The summed E-state index contributed by atoms with van der Waals surface area (Å²) in [7, 11) is 1.61. The van der Waals surface area contributed by atoms with E-state index >= 15 is 0 Å². The number of methoxy groups -OCH3 is 1. The Morgan fingerprint density at radius 2 is 1.90 bits per heavy atom. The second-order valence-corrected chi connectivity index (χ2v) is 7.34. The number of carbonyl (C=O) groups is 1. The van der Waals surface area contributed by atoms with E-state index in [4.69, 9.17) is 9.47 Å². The van der Waals surface area contributed by atoms with Crippen molar-refractivity contribution in [1.82, 2.24) is 14.8 Å². The summed E-state index contributed by atoms with van der Waals surface area (Å²) in [6.45, 7) is 5.93. The molecule has 1 unspecified atom stereocenters. The number of aromatic nitrogens is 3. The van der Waals surface area contributed by atoms with Gasteiger partial charge in [0.1, 0.15) is 19.0 Å². The van der Waals surface area contributed by atoms with Crippen LogP contribution in [-0.2, 0) is 11.4 Å². The fraction of sp³-hybridized carbons (Fsp3) is 0.261. The van der Waals surface area contributed by atoms with Gasteiger partial charge in [-0.25, -0.2) is 4.68 Å². The van der Waals surface area contributed by atoms with Crippen LogP contribution in [0.5, 0.6) is 11.5 Å². The van der Waals surface area contributed by atoms with Crippen LogP contribution in [0.15, 0.2) is 60.1 Å². The highest BCUT2D eigenvalue weighted by molar-refractivity contribution is 5.96. The summed E-state index contributed by atoms with van der Waals surface area (Å²) >= 11 is 0. The lowest BCUT2D eigenvalue weighted by Gasteiger charge is -2.28. The van der Waals surface area contributed by atoms with Gasteiger partial charge in [0.05, 0.1) is 7.11 Å². The Hall–Kier alpha value is -3.61. The van der Waals surface area contributed by atoms with Crippen molar-refractivity contribution < 1.29 is 14.3 Å². The molecule has 1 aromatic heterocycles. The Bertz CT molecular complexity index is 1120. The molecule has 0 fully saturated rings. The van der Waals surface area contributed by atoms with Crippen molar-refractivity contribution in [3.05, 3.63) is 76.8 Å². The Kier molecular flexibility index (Phi) is 5.27. The number of fused-ring (bicyclic) bond motifs is 1. The molecule has 154 valence electrons. The standard InChI is InChI=1S/C23H24N4O3/c1-14-5-7-17(8-6-14)12-30-19-10-9-18(11-20(19)29-4)22-21(16(3)28)15(2)26-23-24-13-25-27(22)23/h5-11,13,22H,12H2,1-4H3,(H,24,25,26). The third-order valence-corrected chi connectivity index (χ3v) is 5.19. The van der Waals surface area contributed by atoms with Gasteiger partial charge < -0.3 is 14.8 Å². The topological polar surface area (TPSA) is 78.3 Å². The van der Waals surface area contributed by atoms with Gasteiger partial charge in [-0.3, -0.25) is 4.79 Å². The molecule has 4 rings (SSSR count). The number of hydrogen-bond acceptors (Lipinski definition) is 6. The van der Waals surface area contributed by atoms with Crippen molar-refractivity contribution in [3.8, 4) is 11.5 Å². The zero-order valence-electron chi connectivity index (χ0n) is 17.5. The number of nitrogens with zero attached hydrogens (tertiary/aromatic N) is 3. The molecule has 3 aromatic rings. The van der Waals surface area contributed by atoms with Gasteiger partial charge in [0.15, 0.2) is 17.3 Å². The van der Waals surface area contributed by atoms with E-state index in [2.05, 4.69) is 34.5 Å². The summed E-state index contributed by atoms with van der Waals surface area (Å²) in [6, 6.07) is 13.5. The van der Waals surface area contributed by atoms with Crippen LogP contribution < -0.4 is 14.8 Å². The SMILES string of the molecule is COc1cc(C2C(C(C)=O)=C(C)Nc3ncnn32)ccc1OCc1ccc(C)cc1. The number of anilines is 1. The van der Waals surface area contributed by atoms with E-state index in [1.54, 1.807) is 18.7 Å². The van der Waals surface area contributed by atoms with Crippen molar-refractivity contribution in [3.63, 3.8) is 0 Å². The number of hydrogen-bond donors (Lipinski definition) is 1. The molecule has 0 spiro atoms. The molecule has 0 amide bonds. The van der Waals surface area contributed by atoms with E-state index in [-0.39, 0.29) is 11.8 Å². The zero-order valence-corrected chi connectivity index (χ0v) is 17.5. The fourth-order valence-corrected chi connectivity index (χ4v) is 3.67. The molecule has 2 heterocycles. The monoisotopic (exact) mass is 404 g/mol. The molecule has 0 saturated heterocycles. The maximum atomic E-state index is 12.4. The van der Waals surface area contributed by atoms with Gasteiger partial charge in [0.25, 0.3) is 0 Å². The van der Waals surface area contributed by atoms with Gasteiger partial charge in [0.2, 0.25) is 5.95 Å². The first-order valence-electron chi connectivity index (χ1n) is 9.72. The Morgan fingerprint density at radius 1 is 1.13 bits per heavy atom. The first-order chi connectivity index (χ1) is 14.5. The second-order valence-electron chi connectivity index (χ2n) is 7.34. The highest BCUT2D eigenvalue weighted by Gasteiger charge is 2.32. The average molecular weight is 404 g/mol. The first-order valence-corrected chi connectivity index (χ1v) is 9.72. The lowest BCUT2D eigenvalue weighted by Crippen LogP contribution is -2.27. The smallest absolute Gasteiger partial charge is 0.226 e. The van der Waals surface area contributed by atoms with Crippen LogP contribution in [0.4, 0.5) is 5.95 Å². The quantitative estimate of drug-likeness (QED) is 0.668. The van der Waals surface area contributed by atoms with E-state index in [1.807, 2.05) is 37.3 Å². The summed E-state index contributed by atoms with van der Waals surface area (Å²) in [5, 5.41) is 7.47. The van der Waals surface area contributed by atoms with E-state index in [0.29, 0.717) is 29.6 Å². The minimum absolute atomic E-state index is 0.0233. The number of ether oxygens (including phenoxy) is 2. The van der Waals surface area contributed by atoms with Gasteiger partial charge >= 0.3 is 0 Å². The normalized spacial score (nSPS) is 15.4. The van der Waals surface area contributed by atoms with E-state index in [0.717, 1.165) is 16.8 Å². The number of benzene rings is 2. The number of carbonyl (C=O) groups excluding carboxylic acids is 1. The van der Waals surface area contributed by atoms with Crippen LogP contribution in [0.3, 0.4) is 0 Å². The maximum absolute atomic E-state index is 12.4. The minimum Gasteiger partial charge on any atom is -0.493 e. The van der Waals surface area contributed by atoms with Gasteiger partial charge in [0, 0.05) is 11.3 Å². The molecule has 30 heavy (non-hydrogen) atoms. The number of ketones is 1. The van der Waals surface area contributed by atoms with Crippen LogP contribution in [0.1, 0.15) is 36.6 Å². The molecule has 1 atom stereocenters. The average Bonchev–Trinajstić information content (AvgIpc) is 3.20. The molecule has 2 aromatic carbocycles. The number of allylic oxidation sites excluding steroid dienone is 2. The molecule has 0 bridgehead atoms. The van der Waals surface area contributed by atoms with Gasteiger partial charge in [-0.05, 0) is 44.0 Å². The van der Waals surface area contributed by atoms with Crippen LogP contribution in [0.25, 0.3) is 0 Å². The van der Waals surface area contributed by atoms with E-state index < -0.39 is 0 Å². The lowest BCUT2D eigenvalue weighted by atomic mass is 9.93. The summed E-state index contributed by atoms with van der Waals surface area (Å²) in [5.41, 5.74) is 4.57. The van der Waals surface area contributed by atoms with Crippen molar-refractivity contribution in [2.45, 2.75) is 33.4 Å². The van der Waals surface area contributed by atoms with E-state index in [9.17, 15) is 4.79 Å². The van der Waals surface area contributed by atoms with Gasteiger partial charge in [-0.1, -0.05) is 35.9 Å². The van der Waals surface area contributed by atoms with Crippen molar-refractivity contribution >= 4 is 11.7 Å². The number of Topliss-reactive ketones (excluding diaryl/α,β-unsaturated/α-hetero) is 1. The van der Waals surface area contributed by atoms with Crippen molar-refractivity contribution in [1.29, 1.82) is 0 Å². The largest absolute Gasteiger partial charge is 0.493 e. The third kappa shape index (κ3) is 3.66. The molecule has 1 aliphatic rings. The third-order valence-electron chi connectivity index (χ3n) is 5.19. The summed E-state index contributed by atoms with van der Waals surface area (Å²) < 4.78 is 13.3. The number of aryl methyl sites for hydroxylation is 1. The maximum Gasteiger partial charge on any atom is 0.226 e. The van der Waals surface area contributed by atoms with Crippen molar-refractivity contribution in [2.24, 2.45) is 0 Å². The zero-order chi connectivity index (χ0) is 21.3. The number of rotatable bonds is 6. The van der Waals surface area contributed by atoms with Crippen molar-refractivity contribution in [2.75, 3.05) is 12.4 Å². The lowest BCUT2D eigenvalue weighted by molar-refractivity contribution is -0.114. The Labute approximate surface area is 175 Å². The molecule has 0 saturated carbocycles. The number of nitrogens with one attached hydrogen (secondary N) is 1. The molecular weight excluding hydrogens is 380 g/mol. The van der Waals surface area contributed by atoms with Crippen LogP contribution in [0, 0.1) is 6.92 Å². The second kappa shape index (κ2) is 8.02. The molecule has 1 aliphatic heterocycles. The highest BCUT2D eigenvalue weighted by atomic mass is 16.5. The van der Waals surface area contributed by atoms with Crippen LogP contribution in [0.2, 0.25) is 0 Å². The molecule has 7 nitrogen and oxygen atoms in total. The Morgan fingerprint density at radius 3 is 2.60 bits per heavy atom. The van der Waals surface area contributed by atoms with E-state index in [1.165, 1.54) is 11.9 Å². The molecule has 1 N–H and O–H groups in total. The summed E-state index contributed by atoms with van der Waals surface area (Å²) in [4.78, 5) is 16.7. The van der Waals surface area contributed by atoms with Gasteiger partial charge in [-0.2, -0.15) is 10.1 Å². The predicted octanol–water partition coefficient (Wildman–Crippen LogP) is 4.05.